The van der Waals surface area contributed by atoms with Gasteiger partial charge in [-0.3, -0.25) is 0 Å². The molecule has 0 atom stereocenters. The number of carbonyl (C=O) groups is 1. The van der Waals surface area contributed by atoms with E-state index in [0.29, 0.717) is 17.6 Å². The first kappa shape index (κ1) is 13.7. The van der Waals surface area contributed by atoms with Crippen molar-refractivity contribution in [2.45, 2.75) is 32.3 Å². The molecule has 0 bridgehead atoms. The average molecular weight is 286 g/mol. The van der Waals surface area contributed by atoms with Crippen molar-refractivity contribution >= 4 is 16.7 Å². The van der Waals surface area contributed by atoms with Gasteiger partial charge in [0, 0.05) is 16.3 Å². The first-order valence-corrected chi connectivity index (χ1v) is 6.98. The summed E-state index contributed by atoms with van der Waals surface area (Å²) in [4.78, 5) is 12.1. The van der Waals surface area contributed by atoms with Gasteiger partial charge in [0.25, 0.3) is 0 Å². The fraction of sp³-hybridized carbons (Fsp3) is 0.353. The Morgan fingerprint density at radius 3 is 2.62 bits per heavy atom. The van der Waals surface area contributed by atoms with E-state index in [1.807, 2.05) is 32.0 Å². The molecular formula is C17H18O4. The Morgan fingerprint density at radius 1 is 1.29 bits per heavy atom. The van der Waals surface area contributed by atoms with Crippen LogP contribution in [0.2, 0.25) is 0 Å². The Bertz CT molecular complexity index is 731. The van der Waals surface area contributed by atoms with Crippen LogP contribution in [0, 0.1) is 0 Å². The average Bonchev–Trinajstić information content (AvgIpc) is 2.47. The summed E-state index contributed by atoms with van der Waals surface area (Å²) in [6.45, 7) is 4.05. The number of carbonyl (C=O) groups excluding carboxylic acids is 1. The van der Waals surface area contributed by atoms with E-state index in [1.54, 1.807) is 6.07 Å². The Hall–Kier alpha value is -2.23. The summed E-state index contributed by atoms with van der Waals surface area (Å²) in [7, 11) is 1.32. The van der Waals surface area contributed by atoms with Crippen molar-refractivity contribution in [3.63, 3.8) is 0 Å². The molecule has 1 N–H and O–H groups in total. The highest BCUT2D eigenvalue weighted by molar-refractivity contribution is 6.06. The van der Waals surface area contributed by atoms with E-state index in [9.17, 15) is 9.90 Å². The third kappa shape index (κ3) is 2.11. The number of ether oxygens (including phenoxy) is 2. The van der Waals surface area contributed by atoms with Crippen LogP contribution in [0.5, 0.6) is 11.5 Å². The van der Waals surface area contributed by atoms with E-state index in [-0.39, 0.29) is 16.9 Å². The second kappa shape index (κ2) is 4.65. The fourth-order valence-electron chi connectivity index (χ4n) is 2.87. The molecule has 2 aromatic carbocycles. The van der Waals surface area contributed by atoms with E-state index in [0.717, 1.165) is 17.4 Å². The molecule has 3 rings (SSSR count). The van der Waals surface area contributed by atoms with Crippen LogP contribution in [0.25, 0.3) is 10.8 Å². The van der Waals surface area contributed by atoms with Crippen molar-refractivity contribution in [3.05, 3.63) is 35.4 Å². The summed E-state index contributed by atoms with van der Waals surface area (Å²) >= 11 is 0. The molecule has 2 aromatic rings. The number of esters is 1. The van der Waals surface area contributed by atoms with Gasteiger partial charge in [-0.25, -0.2) is 4.79 Å². The standard InChI is InChI=1S/C17H18O4/c1-17(2)9-8-12-13(16(19)20-3)14(18)10-6-4-5-7-11(10)15(12)21-17/h4-7,18H,8-9H2,1-3H3. The second-order valence-electron chi connectivity index (χ2n) is 5.93. The number of phenolic OH excluding ortho intramolecular Hbond substituents is 1. The summed E-state index contributed by atoms with van der Waals surface area (Å²) in [6.07, 6.45) is 1.45. The van der Waals surface area contributed by atoms with E-state index in [2.05, 4.69) is 0 Å². The van der Waals surface area contributed by atoms with Crippen molar-refractivity contribution < 1.29 is 19.4 Å². The van der Waals surface area contributed by atoms with E-state index in [4.69, 9.17) is 9.47 Å². The Morgan fingerprint density at radius 2 is 1.95 bits per heavy atom. The van der Waals surface area contributed by atoms with Gasteiger partial charge in [0.2, 0.25) is 0 Å². The van der Waals surface area contributed by atoms with Crippen LogP contribution < -0.4 is 4.74 Å². The number of aromatic hydroxyl groups is 1. The maximum atomic E-state index is 12.1. The van der Waals surface area contributed by atoms with Crippen molar-refractivity contribution in [1.29, 1.82) is 0 Å². The van der Waals surface area contributed by atoms with Crippen molar-refractivity contribution in [2.75, 3.05) is 7.11 Å². The molecule has 0 saturated carbocycles. The zero-order chi connectivity index (χ0) is 15.2. The lowest BCUT2D eigenvalue weighted by atomic mass is 9.88. The maximum absolute atomic E-state index is 12.1. The molecule has 4 heteroatoms. The van der Waals surface area contributed by atoms with Gasteiger partial charge in [0.15, 0.2) is 0 Å². The first-order valence-electron chi connectivity index (χ1n) is 6.98. The van der Waals surface area contributed by atoms with E-state index >= 15 is 0 Å². The number of methoxy groups -OCH3 is 1. The van der Waals surface area contributed by atoms with Crippen LogP contribution in [0.4, 0.5) is 0 Å². The summed E-state index contributed by atoms with van der Waals surface area (Å²) < 4.78 is 10.9. The van der Waals surface area contributed by atoms with Crippen molar-refractivity contribution in [2.24, 2.45) is 0 Å². The molecule has 1 heterocycles. The van der Waals surface area contributed by atoms with Crippen molar-refractivity contribution in [1.82, 2.24) is 0 Å². The topological polar surface area (TPSA) is 55.8 Å². The molecule has 0 aromatic heterocycles. The lowest BCUT2D eigenvalue weighted by molar-refractivity contribution is 0.0583. The molecule has 0 radical (unpaired) electrons. The minimum absolute atomic E-state index is 0.0282. The smallest absolute Gasteiger partial charge is 0.342 e. The molecule has 0 saturated heterocycles. The molecule has 1 aliphatic heterocycles. The zero-order valence-corrected chi connectivity index (χ0v) is 12.4. The predicted octanol–water partition coefficient (Wildman–Crippen LogP) is 3.44. The molecule has 0 spiro atoms. The summed E-state index contributed by atoms with van der Waals surface area (Å²) in [5.41, 5.74) is 0.666. The largest absolute Gasteiger partial charge is 0.506 e. The van der Waals surface area contributed by atoms with Gasteiger partial charge >= 0.3 is 5.97 Å². The molecule has 0 aliphatic carbocycles. The van der Waals surface area contributed by atoms with Gasteiger partial charge in [0.05, 0.1) is 7.11 Å². The highest BCUT2D eigenvalue weighted by Gasteiger charge is 2.33. The molecule has 1 aliphatic rings. The van der Waals surface area contributed by atoms with Gasteiger partial charge in [-0.15, -0.1) is 0 Å². The van der Waals surface area contributed by atoms with Crippen LogP contribution in [0.3, 0.4) is 0 Å². The van der Waals surface area contributed by atoms with Gasteiger partial charge in [-0.05, 0) is 26.7 Å². The highest BCUT2D eigenvalue weighted by Crippen LogP contribution is 2.45. The lowest BCUT2D eigenvalue weighted by Crippen LogP contribution is -2.33. The zero-order valence-electron chi connectivity index (χ0n) is 12.4. The summed E-state index contributed by atoms with van der Waals surface area (Å²) in [5, 5.41) is 11.9. The Kier molecular flexibility index (Phi) is 3.04. The van der Waals surface area contributed by atoms with Crippen LogP contribution in [0.15, 0.2) is 24.3 Å². The summed E-state index contributed by atoms with van der Waals surface area (Å²) in [5.74, 6) is 0.123. The van der Waals surface area contributed by atoms with Gasteiger partial charge < -0.3 is 14.6 Å². The Balaban J connectivity index is 2.38. The minimum Gasteiger partial charge on any atom is -0.506 e. The fourth-order valence-corrected chi connectivity index (χ4v) is 2.87. The third-order valence-corrected chi connectivity index (χ3v) is 3.98. The molecule has 0 unspecified atom stereocenters. The predicted molar refractivity (Wildman–Crippen MR) is 80.0 cm³/mol. The SMILES string of the molecule is COC(=O)c1c2c(c3ccccc3c1O)OC(C)(C)CC2. The first-order chi connectivity index (χ1) is 9.94. The maximum Gasteiger partial charge on any atom is 0.342 e. The monoisotopic (exact) mass is 286 g/mol. The second-order valence-corrected chi connectivity index (χ2v) is 5.93. The molecule has 0 amide bonds. The van der Waals surface area contributed by atoms with Crippen LogP contribution in [-0.4, -0.2) is 23.8 Å². The van der Waals surface area contributed by atoms with Crippen LogP contribution in [0.1, 0.15) is 36.2 Å². The Labute approximate surface area is 123 Å². The van der Waals surface area contributed by atoms with E-state index < -0.39 is 5.97 Å². The van der Waals surface area contributed by atoms with Gasteiger partial charge in [-0.2, -0.15) is 0 Å². The normalized spacial score (nSPS) is 16.1. The number of hydrogen-bond donors (Lipinski definition) is 1. The highest BCUT2D eigenvalue weighted by atomic mass is 16.5. The molecular weight excluding hydrogens is 268 g/mol. The van der Waals surface area contributed by atoms with Crippen LogP contribution in [-0.2, 0) is 11.2 Å². The number of phenols is 1. The number of hydrogen-bond acceptors (Lipinski definition) is 4. The van der Waals surface area contributed by atoms with Gasteiger partial charge in [0.1, 0.15) is 22.7 Å². The minimum atomic E-state index is -0.530. The number of fused-ring (bicyclic) bond motifs is 3. The quantitative estimate of drug-likeness (QED) is 0.816. The molecule has 0 fully saturated rings. The van der Waals surface area contributed by atoms with Crippen molar-refractivity contribution in [3.8, 4) is 11.5 Å². The lowest BCUT2D eigenvalue weighted by Gasteiger charge is -2.34. The molecule has 110 valence electrons. The van der Waals surface area contributed by atoms with Crippen LogP contribution >= 0.6 is 0 Å². The third-order valence-electron chi connectivity index (χ3n) is 3.98. The number of benzene rings is 2. The van der Waals surface area contributed by atoms with E-state index in [1.165, 1.54) is 7.11 Å². The molecule has 4 nitrogen and oxygen atoms in total. The van der Waals surface area contributed by atoms with Gasteiger partial charge in [-0.1, -0.05) is 24.3 Å². The molecule has 21 heavy (non-hydrogen) atoms. The number of rotatable bonds is 1. The summed E-state index contributed by atoms with van der Waals surface area (Å²) in [6, 6.07) is 7.40.